The van der Waals surface area contributed by atoms with E-state index in [1.165, 1.54) is 21.2 Å². The van der Waals surface area contributed by atoms with Crippen LogP contribution in [0.1, 0.15) is 11.3 Å². The summed E-state index contributed by atoms with van der Waals surface area (Å²) < 4.78 is 7.97. The molecule has 0 spiro atoms. The van der Waals surface area contributed by atoms with Crippen molar-refractivity contribution >= 4 is 22.6 Å². The largest absolute Gasteiger partial charge is 0.458 e. The number of rotatable bonds is 4. The van der Waals surface area contributed by atoms with Crippen LogP contribution in [-0.4, -0.2) is 24.9 Å². The molecule has 0 unspecified atom stereocenters. The molecule has 0 amide bonds. The van der Waals surface area contributed by atoms with Gasteiger partial charge in [-0.05, 0) is 30.7 Å². The summed E-state index contributed by atoms with van der Waals surface area (Å²) in [6, 6.07) is 11.9. The van der Waals surface area contributed by atoms with Crippen molar-refractivity contribution in [3.05, 3.63) is 86.8 Å². The number of fused-ring (bicyclic) bond motifs is 2. The molecule has 8 heteroatoms. The monoisotopic (exact) mass is 376 g/mol. The number of carbonyl (C=O) groups is 1. The molecule has 0 radical (unpaired) electrons. The average molecular weight is 376 g/mol. The van der Waals surface area contributed by atoms with Crippen molar-refractivity contribution in [2.24, 2.45) is 0 Å². The Kier molecular flexibility index (Phi) is 4.44. The molecule has 4 rings (SSSR count). The molecule has 1 aromatic carbocycles. The Morgan fingerprint density at radius 1 is 1.11 bits per heavy atom. The van der Waals surface area contributed by atoms with Gasteiger partial charge in [-0.1, -0.05) is 18.2 Å². The van der Waals surface area contributed by atoms with Crippen LogP contribution in [0, 0.1) is 6.92 Å². The average Bonchev–Trinajstić information content (AvgIpc) is 2.69. The minimum atomic E-state index is -0.607. The minimum absolute atomic E-state index is 0.157. The SMILES string of the molecule is Cc1ccc2nc(COC(=O)Cn3c(=O)cnc4ccccc43)cc(=O)n2c1. The molecule has 0 aliphatic rings. The fourth-order valence-electron chi connectivity index (χ4n) is 2.94. The summed E-state index contributed by atoms with van der Waals surface area (Å²) in [5.74, 6) is -0.607. The number of hydrogen-bond acceptors (Lipinski definition) is 6. The minimum Gasteiger partial charge on any atom is -0.458 e. The van der Waals surface area contributed by atoms with E-state index >= 15 is 0 Å². The molecule has 0 bridgehead atoms. The fraction of sp³-hybridized carbons (Fsp3) is 0.150. The zero-order valence-corrected chi connectivity index (χ0v) is 15.0. The zero-order valence-electron chi connectivity index (χ0n) is 15.0. The standard InChI is InChI=1S/C20H16N4O4/c1-13-6-7-17-22-14(8-18(25)24(17)10-13)12-28-20(27)11-23-16-5-3-2-4-15(16)21-9-19(23)26/h2-10H,11-12H2,1H3. The number of pyridine rings is 1. The van der Waals surface area contributed by atoms with Crippen molar-refractivity contribution in [2.45, 2.75) is 20.1 Å². The number of nitrogens with zero attached hydrogens (tertiary/aromatic N) is 4. The van der Waals surface area contributed by atoms with E-state index in [9.17, 15) is 14.4 Å². The Labute approximate surface area is 158 Å². The van der Waals surface area contributed by atoms with Crippen molar-refractivity contribution in [2.75, 3.05) is 0 Å². The second-order valence-electron chi connectivity index (χ2n) is 6.35. The van der Waals surface area contributed by atoms with E-state index in [1.54, 1.807) is 36.5 Å². The van der Waals surface area contributed by atoms with Gasteiger partial charge >= 0.3 is 5.97 Å². The summed E-state index contributed by atoms with van der Waals surface area (Å²) in [6.45, 7) is 1.47. The molecule has 28 heavy (non-hydrogen) atoms. The maximum atomic E-state index is 12.3. The second kappa shape index (κ2) is 7.07. The van der Waals surface area contributed by atoms with Gasteiger partial charge < -0.3 is 4.74 Å². The van der Waals surface area contributed by atoms with Gasteiger partial charge in [0.15, 0.2) is 0 Å². The maximum absolute atomic E-state index is 12.3. The van der Waals surface area contributed by atoms with E-state index in [2.05, 4.69) is 9.97 Å². The van der Waals surface area contributed by atoms with Gasteiger partial charge in [0.25, 0.3) is 11.1 Å². The number of hydrogen-bond donors (Lipinski definition) is 0. The Bertz CT molecular complexity index is 1320. The topological polar surface area (TPSA) is 95.6 Å². The maximum Gasteiger partial charge on any atom is 0.326 e. The normalized spacial score (nSPS) is 11.0. The molecule has 140 valence electrons. The van der Waals surface area contributed by atoms with Gasteiger partial charge in [0.2, 0.25) is 0 Å². The van der Waals surface area contributed by atoms with Crippen LogP contribution >= 0.6 is 0 Å². The van der Waals surface area contributed by atoms with Crippen LogP contribution < -0.4 is 11.1 Å². The first-order chi connectivity index (χ1) is 13.5. The van der Waals surface area contributed by atoms with Crippen molar-refractivity contribution in [3.8, 4) is 0 Å². The van der Waals surface area contributed by atoms with Gasteiger partial charge in [0, 0.05) is 12.3 Å². The molecule has 0 aliphatic heterocycles. The zero-order chi connectivity index (χ0) is 19.7. The van der Waals surface area contributed by atoms with Crippen LogP contribution in [0.4, 0.5) is 0 Å². The molecule has 0 fully saturated rings. The third-order valence-electron chi connectivity index (χ3n) is 4.28. The Morgan fingerprint density at radius 2 is 1.93 bits per heavy atom. The first-order valence-corrected chi connectivity index (χ1v) is 8.60. The lowest BCUT2D eigenvalue weighted by molar-refractivity contribution is -0.145. The first-order valence-electron chi connectivity index (χ1n) is 8.60. The Morgan fingerprint density at radius 3 is 2.79 bits per heavy atom. The number of ether oxygens (including phenoxy) is 1. The second-order valence-corrected chi connectivity index (χ2v) is 6.35. The molecule has 0 saturated carbocycles. The van der Waals surface area contributed by atoms with E-state index in [1.807, 2.05) is 13.0 Å². The van der Waals surface area contributed by atoms with Crippen LogP contribution in [0.3, 0.4) is 0 Å². The lowest BCUT2D eigenvalue weighted by Gasteiger charge is -2.10. The van der Waals surface area contributed by atoms with Crippen molar-refractivity contribution in [1.82, 2.24) is 18.9 Å². The third kappa shape index (κ3) is 3.39. The highest BCUT2D eigenvalue weighted by atomic mass is 16.5. The predicted octanol–water partition coefficient (Wildman–Crippen LogP) is 1.46. The van der Waals surface area contributed by atoms with Crippen LogP contribution in [0.15, 0.2) is 64.4 Å². The molecule has 0 N–H and O–H groups in total. The smallest absolute Gasteiger partial charge is 0.326 e. The highest BCUT2D eigenvalue weighted by Crippen LogP contribution is 2.09. The molecular formula is C20H16N4O4. The fourth-order valence-corrected chi connectivity index (χ4v) is 2.94. The molecule has 0 aliphatic carbocycles. The van der Waals surface area contributed by atoms with Gasteiger partial charge in [-0.25, -0.2) is 9.97 Å². The van der Waals surface area contributed by atoms with E-state index in [4.69, 9.17) is 4.74 Å². The van der Waals surface area contributed by atoms with Crippen molar-refractivity contribution < 1.29 is 9.53 Å². The molecule has 3 aromatic heterocycles. The van der Waals surface area contributed by atoms with Gasteiger partial charge in [-0.2, -0.15) is 0 Å². The molecule has 0 atom stereocenters. The van der Waals surface area contributed by atoms with Gasteiger partial charge in [0.05, 0.1) is 22.9 Å². The van der Waals surface area contributed by atoms with Crippen LogP contribution in [0.5, 0.6) is 0 Å². The van der Waals surface area contributed by atoms with E-state index in [0.717, 1.165) is 5.56 Å². The van der Waals surface area contributed by atoms with E-state index in [-0.39, 0.29) is 18.7 Å². The summed E-state index contributed by atoms with van der Waals surface area (Å²) >= 11 is 0. The first kappa shape index (κ1) is 17.6. The van der Waals surface area contributed by atoms with E-state index in [0.29, 0.717) is 22.4 Å². The highest BCUT2D eigenvalue weighted by Gasteiger charge is 2.11. The van der Waals surface area contributed by atoms with Crippen LogP contribution in [-0.2, 0) is 22.7 Å². The van der Waals surface area contributed by atoms with Crippen molar-refractivity contribution in [3.63, 3.8) is 0 Å². The molecule has 8 nitrogen and oxygen atoms in total. The number of benzene rings is 1. The summed E-state index contributed by atoms with van der Waals surface area (Å²) in [6.07, 6.45) is 2.87. The number of para-hydroxylation sites is 2. The number of esters is 1. The van der Waals surface area contributed by atoms with Gasteiger partial charge in [0.1, 0.15) is 18.8 Å². The lowest BCUT2D eigenvalue weighted by atomic mass is 10.3. The lowest BCUT2D eigenvalue weighted by Crippen LogP contribution is -2.26. The third-order valence-corrected chi connectivity index (χ3v) is 4.28. The number of aryl methyl sites for hydroxylation is 1. The Balaban J connectivity index is 1.54. The van der Waals surface area contributed by atoms with E-state index < -0.39 is 11.5 Å². The molecular weight excluding hydrogens is 360 g/mol. The summed E-state index contributed by atoms with van der Waals surface area (Å²) in [5.41, 5.74) is 2.25. The molecule has 4 aromatic rings. The highest BCUT2D eigenvalue weighted by molar-refractivity contribution is 5.77. The molecule has 0 saturated heterocycles. The van der Waals surface area contributed by atoms with Crippen LogP contribution in [0.2, 0.25) is 0 Å². The summed E-state index contributed by atoms with van der Waals surface area (Å²) in [7, 11) is 0. The van der Waals surface area contributed by atoms with Gasteiger partial charge in [-0.3, -0.25) is 23.4 Å². The summed E-state index contributed by atoms with van der Waals surface area (Å²) in [4.78, 5) is 45.0. The number of aromatic nitrogens is 4. The quantitative estimate of drug-likeness (QED) is 0.501. The number of carbonyl (C=O) groups excluding carboxylic acids is 1. The molecule has 3 heterocycles. The van der Waals surface area contributed by atoms with Crippen molar-refractivity contribution in [1.29, 1.82) is 0 Å². The predicted molar refractivity (Wildman–Crippen MR) is 102 cm³/mol. The Hall–Kier alpha value is -3.81. The van der Waals surface area contributed by atoms with Crippen LogP contribution in [0.25, 0.3) is 16.7 Å². The van der Waals surface area contributed by atoms with Gasteiger partial charge in [-0.15, -0.1) is 0 Å². The summed E-state index contributed by atoms with van der Waals surface area (Å²) in [5, 5.41) is 0.